The van der Waals surface area contributed by atoms with Crippen molar-refractivity contribution in [1.82, 2.24) is 0 Å². The number of fused-ring (bicyclic) bond motifs is 1. The Hall–Kier alpha value is -1.34. The predicted molar refractivity (Wildman–Crippen MR) is 79.7 cm³/mol. The van der Waals surface area contributed by atoms with Crippen molar-refractivity contribution >= 4 is 10.8 Å². The van der Waals surface area contributed by atoms with Gasteiger partial charge < -0.3 is 5.73 Å². The zero-order chi connectivity index (χ0) is 12.8. The van der Waals surface area contributed by atoms with E-state index in [0.717, 1.165) is 6.42 Å². The molecule has 1 nitrogen and oxygen atoms in total. The molecule has 0 bridgehead atoms. The molecule has 0 amide bonds. The molecule has 0 aliphatic carbocycles. The molecule has 2 aromatic rings. The van der Waals surface area contributed by atoms with Crippen LogP contribution in [0.3, 0.4) is 0 Å². The van der Waals surface area contributed by atoms with E-state index in [-0.39, 0.29) is 0 Å². The molecule has 2 N–H and O–H groups in total. The van der Waals surface area contributed by atoms with Crippen LogP contribution in [0.4, 0.5) is 0 Å². The molecular weight excluding hydrogens is 218 g/mol. The second-order valence-electron chi connectivity index (χ2n) is 4.98. The third-order valence-corrected chi connectivity index (χ3v) is 3.59. The predicted octanol–water partition coefficient (Wildman–Crippen LogP) is 4.42. The van der Waals surface area contributed by atoms with E-state index in [4.69, 9.17) is 5.73 Å². The molecule has 1 heteroatoms. The van der Waals surface area contributed by atoms with Crippen LogP contribution in [0.15, 0.2) is 36.4 Å². The van der Waals surface area contributed by atoms with Crippen molar-refractivity contribution in [3.05, 3.63) is 47.5 Å². The van der Waals surface area contributed by atoms with E-state index < -0.39 is 0 Å². The summed E-state index contributed by atoms with van der Waals surface area (Å²) in [6.45, 7) is 2.90. The molecule has 0 aliphatic heterocycles. The lowest BCUT2D eigenvalue weighted by atomic mass is 9.96. The van der Waals surface area contributed by atoms with Gasteiger partial charge in [0.15, 0.2) is 0 Å². The second kappa shape index (κ2) is 6.55. The zero-order valence-corrected chi connectivity index (χ0v) is 11.3. The van der Waals surface area contributed by atoms with E-state index in [0.29, 0.717) is 6.54 Å². The van der Waals surface area contributed by atoms with Gasteiger partial charge in [0.2, 0.25) is 0 Å². The Labute approximate surface area is 110 Å². The second-order valence-corrected chi connectivity index (χ2v) is 4.98. The van der Waals surface area contributed by atoms with Crippen molar-refractivity contribution in [2.75, 3.05) is 0 Å². The van der Waals surface area contributed by atoms with Crippen LogP contribution >= 0.6 is 0 Å². The maximum Gasteiger partial charge on any atom is 0.0181 e. The number of rotatable bonds is 6. The van der Waals surface area contributed by atoms with Gasteiger partial charge in [0, 0.05) is 6.54 Å². The van der Waals surface area contributed by atoms with Crippen LogP contribution in [0.5, 0.6) is 0 Å². The highest BCUT2D eigenvalue weighted by molar-refractivity contribution is 5.84. The Bertz CT molecular complexity index is 502. The summed E-state index contributed by atoms with van der Waals surface area (Å²) in [5, 5.41) is 2.63. The van der Waals surface area contributed by atoms with Crippen molar-refractivity contribution < 1.29 is 0 Å². The molecule has 0 fully saturated rings. The topological polar surface area (TPSA) is 26.0 Å². The molecule has 0 unspecified atom stereocenters. The summed E-state index contributed by atoms with van der Waals surface area (Å²) in [6.07, 6.45) is 6.40. The Morgan fingerprint density at radius 2 is 1.56 bits per heavy atom. The molecule has 0 saturated heterocycles. The Kier molecular flexibility index (Phi) is 4.77. The number of unbranched alkanes of at least 4 members (excludes halogenated alkanes) is 3. The first-order chi connectivity index (χ1) is 8.85. The Morgan fingerprint density at radius 3 is 2.17 bits per heavy atom. The molecule has 0 aliphatic rings. The minimum atomic E-state index is 0.647. The third kappa shape index (κ3) is 3.11. The lowest BCUT2D eigenvalue weighted by Crippen LogP contribution is -2.02. The van der Waals surface area contributed by atoms with Crippen LogP contribution in [0, 0.1) is 0 Å². The molecule has 0 atom stereocenters. The quantitative estimate of drug-likeness (QED) is 0.744. The van der Waals surface area contributed by atoms with E-state index in [1.807, 2.05) is 0 Å². The van der Waals surface area contributed by atoms with E-state index in [2.05, 4.69) is 43.3 Å². The van der Waals surface area contributed by atoms with Crippen LogP contribution in [0.25, 0.3) is 10.8 Å². The van der Waals surface area contributed by atoms with Crippen molar-refractivity contribution in [2.45, 2.75) is 45.6 Å². The normalized spacial score (nSPS) is 11.0. The van der Waals surface area contributed by atoms with Crippen molar-refractivity contribution in [3.63, 3.8) is 0 Å². The highest BCUT2D eigenvalue weighted by Gasteiger charge is 2.03. The smallest absolute Gasteiger partial charge is 0.0181 e. The molecule has 0 aromatic heterocycles. The van der Waals surface area contributed by atoms with Gasteiger partial charge in [0.05, 0.1) is 0 Å². The fourth-order valence-corrected chi connectivity index (χ4v) is 2.50. The summed E-state index contributed by atoms with van der Waals surface area (Å²) in [5.74, 6) is 0. The van der Waals surface area contributed by atoms with Gasteiger partial charge in [-0.05, 0) is 40.8 Å². The highest BCUT2D eigenvalue weighted by atomic mass is 14.5. The first kappa shape index (κ1) is 13.1. The van der Waals surface area contributed by atoms with Gasteiger partial charge in [-0.1, -0.05) is 56.5 Å². The Balaban J connectivity index is 2.19. The standard InChI is InChI=1S/C17H23N/c1-2-3-4-5-8-16-11-14-9-6-7-10-15(14)12-17(16)13-18/h6-7,9-12H,2-5,8,13,18H2,1H3. The zero-order valence-electron chi connectivity index (χ0n) is 11.3. The monoisotopic (exact) mass is 241 g/mol. The summed E-state index contributed by atoms with van der Waals surface area (Å²) < 4.78 is 0. The molecule has 0 radical (unpaired) electrons. The highest BCUT2D eigenvalue weighted by Crippen LogP contribution is 2.21. The lowest BCUT2D eigenvalue weighted by molar-refractivity contribution is 0.665. The van der Waals surface area contributed by atoms with Gasteiger partial charge in [-0.25, -0.2) is 0 Å². The Morgan fingerprint density at radius 1 is 0.889 bits per heavy atom. The van der Waals surface area contributed by atoms with Gasteiger partial charge in [-0.15, -0.1) is 0 Å². The number of hydrogen-bond donors (Lipinski definition) is 1. The van der Waals surface area contributed by atoms with Gasteiger partial charge in [-0.2, -0.15) is 0 Å². The lowest BCUT2D eigenvalue weighted by Gasteiger charge is -2.10. The van der Waals surface area contributed by atoms with Gasteiger partial charge in [0.1, 0.15) is 0 Å². The van der Waals surface area contributed by atoms with Crippen LogP contribution in [-0.4, -0.2) is 0 Å². The van der Waals surface area contributed by atoms with Crippen LogP contribution < -0.4 is 5.73 Å². The van der Waals surface area contributed by atoms with E-state index in [9.17, 15) is 0 Å². The minimum Gasteiger partial charge on any atom is -0.326 e. The average molecular weight is 241 g/mol. The summed E-state index contributed by atoms with van der Waals surface area (Å²) in [6, 6.07) is 13.1. The first-order valence-corrected chi connectivity index (χ1v) is 7.05. The van der Waals surface area contributed by atoms with Gasteiger partial charge >= 0.3 is 0 Å². The van der Waals surface area contributed by atoms with Crippen LogP contribution in [0.2, 0.25) is 0 Å². The number of hydrogen-bond acceptors (Lipinski definition) is 1. The average Bonchev–Trinajstić information content (AvgIpc) is 2.42. The minimum absolute atomic E-state index is 0.647. The van der Waals surface area contributed by atoms with Crippen molar-refractivity contribution in [1.29, 1.82) is 0 Å². The largest absolute Gasteiger partial charge is 0.326 e. The van der Waals surface area contributed by atoms with Crippen molar-refractivity contribution in [3.8, 4) is 0 Å². The maximum atomic E-state index is 5.87. The maximum absolute atomic E-state index is 5.87. The summed E-state index contributed by atoms with van der Waals surface area (Å²) >= 11 is 0. The molecule has 0 heterocycles. The molecule has 0 spiro atoms. The third-order valence-electron chi connectivity index (χ3n) is 3.59. The van der Waals surface area contributed by atoms with Crippen LogP contribution in [0.1, 0.15) is 43.7 Å². The molecule has 18 heavy (non-hydrogen) atoms. The molecular formula is C17H23N. The summed E-state index contributed by atoms with van der Waals surface area (Å²) in [5.41, 5.74) is 8.62. The molecule has 2 aromatic carbocycles. The SMILES string of the molecule is CCCCCCc1cc2ccccc2cc1CN. The summed E-state index contributed by atoms with van der Waals surface area (Å²) in [4.78, 5) is 0. The van der Waals surface area contributed by atoms with E-state index >= 15 is 0 Å². The molecule has 0 saturated carbocycles. The number of aryl methyl sites for hydroxylation is 1. The summed E-state index contributed by atoms with van der Waals surface area (Å²) in [7, 11) is 0. The molecule has 96 valence electrons. The number of nitrogens with two attached hydrogens (primary N) is 1. The van der Waals surface area contributed by atoms with Crippen LogP contribution in [-0.2, 0) is 13.0 Å². The number of benzene rings is 2. The van der Waals surface area contributed by atoms with Gasteiger partial charge in [-0.3, -0.25) is 0 Å². The first-order valence-electron chi connectivity index (χ1n) is 7.05. The fourth-order valence-electron chi connectivity index (χ4n) is 2.50. The fraction of sp³-hybridized carbons (Fsp3) is 0.412. The van der Waals surface area contributed by atoms with Crippen molar-refractivity contribution in [2.24, 2.45) is 5.73 Å². The molecule has 2 rings (SSSR count). The van der Waals surface area contributed by atoms with Gasteiger partial charge in [0.25, 0.3) is 0 Å². The van der Waals surface area contributed by atoms with E-state index in [1.54, 1.807) is 0 Å². The van der Waals surface area contributed by atoms with E-state index in [1.165, 1.54) is 47.6 Å².